The van der Waals surface area contributed by atoms with Crippen LogP contribution >= 0.6 is 0 Å². The zero-order valence-corrected chi connectivity index (χ0v) is 10.9. The van der Waals surface area contributed by atoms with Gasteiger partial charge >= 0.3 is 0 Å². The Bertz CT molecular complexity index is 350. The van der Waals surface area contributed by atoms with Crippen LogP contribution in [0.25, 0.3) is 0 Å². The lowest BCUT2D eigenvalue weighted by molar-refractivity contribution is -0.0203. The highest BCUT2D eigenvalue weighted by Crippen LogP contribution is 2.32. The van der Waals surface area contributed by atoms with Crippen LogP contribution in [0.2, 0.25) is 0 Å². The van der Waals surface area contributed by atoms with E-state index in [1.165, 1.54) is 12.0 Å². The van der Waals surface area contributed by atoms with Gasteiger partial charge in [0.2, 0.25) is 0 Å². The number of hydrogen-bond acceptors (Lipinski definition) is 2. The minimum absolute atomic E-state index is 0.600. The number of benzene rings is 1. The Hall–Kier alpha value is -0.860. The van der Waals surface area contributed by atoms with Crippen LogP contribution in [0.3, 0.4) is 0 Å². The van der Waals surface area contributed by atoms with Crippen molar-refractivity contribution in [1.82, 2.24) is 4.90 Å². The first-order chi connectivity index (χ1) is 8.14. The third-order valence-corrected chi connectivity index (χ3v) is 3.84. The molecule has 2 nitrogen and oxygen atoms in total. The van der Waals surface area contributed by atoms with E-state index in [0.29, 0.717) is 0 Å². The molecule has 17 heavy (non-hydrogen) atoms. The van der Waals surface area contributed by atoms with Gasteiger partial charge in [0.1, 0.15) is 0 Å². The largest absolute Gasteiger partial charge is 0.385 e. The van der Waals surface area contributed by atoms with Crippen molar-refractivity contribution in [1.29, 1.82) is 0 Å². The van der Waals surface area contributed by atoms with Crippen molar-refractivity contribution >= 4 is 0 Å². The van der Waals surface area contributed by atoms with Gasteiger partial charge in [0.15, 0.2) is 0 Å². The second-order valence-corrected chi connectivity index (χ2v) is 5.28. The molecule has 94 valence electrons. The van der Waals surface area contributed by atoms with E-state index < -0.39 is 5.60 Å². The predicted molar refractivity (Wildman–Crippen MR) is 71.1 cm³/mol. The van der Waals surface area contributed by atoms with E-state index in [0.717, 1.165) is 37.9 Å². The quantitative estimate of drug-likeness (QED) is 0.867. The molecule has 0 amide bonds. The summed E-state index contributed by atoms with van der Waals surface area (Å²) < 4.78 is 0. The lowest BCUT2D eigenvalue weighted by Gasteiger charge is -2.37. The molecule has 0 spiro atoms. The highest BCUT2D eigenvalue weighted by atomic mass is 16.3. The zero-order valence-electron chi connectivity index (χ0n) is 10.9. The molecular weight excluding hydrogens is 210 g/mol. The predicted octanol–water partition coefficient (Wildman–Crippen LogP) is 2.55. The number of aryl methyl sites for hydroxylation is 1. The highest BCUT2D eigenvalue weighted by Gasteiger charge is 2.32. The maximum absolute atomic E-state index is 10.7. The van der Waals surface area contributed by atoms with Gasteiger partial charge in [-0.3, -0.25) is 0 Å². The molecule has 0 radical (unpaired) electrons. The molecule has 0 aliphatic carbocycles. The topological polar surface area (TPSA) is 23.5 Å². The van der Waals surface area contributed by atoms with Crippen LogP contribution in [-0.4, -0.2) is 30.1 Å². The smallest absolute Gasteiger partial charge is 0.0920 e. The average Bonchev–Trinajstić information content (AvgIpc) is 2.35. The summed E-state index contributed by atoms with van der Waals surface area (Å²) in [6, 6.07) is 8.54. The molecule has 0 aromatic heterocycles. The first-order valence-electron chi connectivity index (χ1n) is 6.64. The Morgan fingerprint density at radius 1 is 1.18 bits per heavy atom. The van der Waals surface area contributed by atoms with Crippen molar-refractivity contribution in [2.75, 3.05) is 20.1 Å². The molecule has 1 aliphatic rings. The Balaban J connectivity index is 2.10. The van der Waals surface area contributed by atoms with Crippen molar-refractivity contribution in [2.45, 2.75) is 38.2 Å². The van der Waals surface area contributed by atoms with Crippen LogP contribution in [0.4, 0.5) is 0 Å². The molecule has 1 aromatic rings. The number of rotatable bonds is 3. The normalized spacial score (nSPS) is 20.4. The third-order valence-electron chi connectivity index (χ3n) is 3.84. The van der Waals surface area contributed by atoms with E-state index in [2.05, 4.69) is 43.1 Å². The standard InChI is InChI=1S/C15H23NO/c1-3-4-13-5-7-14(8-6-13)15(17)9-11-16(2)12-10-15/h5-8,17H,3-4,9-12H2,1-2H3. The van der Waals surface area contributed by atoms with Crippen molar-refractivity contribution in [3.8, 4) is 0 Å². The summed E-state index contributed by atoms with van der Waals surface area (Å²) in [5, 5.41) is 10.7. The summed E-state index contributed by atoms with van der Waals surface area (Å²) in [5.74, 6) is 0. The fourth-order valence-electron chi connectivity index (χ4n) is 2.55. The number of nitrogens with zero attached hydrogens (tertiary/aromatic N) is 1. The summed E-state index contributed by atoms with van der Waals surface area (Å²) in [4.78, 5) is 2.28. The van der Waals surface area contributed by atoms with Crippen molar-refractivity contribution < 1.29 is 5.11 Å². The lowest BCUT2D eigenvalue weighted by atomic mass is 9.84. The SMILES string of the molecule is CCCc1ccc(C2(O)CCN(C)CC2)cc1. The van der Waals surface area contributed by atoms with Crippen LogP contribution in [0, 0.1) is 0 Å². The molecule has 0 saturated carbocycles. The van der Waals surface area contributed by atoms with Gasteiger partial charge in [-0.1, -0.05) is 37.6 Å². The molecule has 2 rings (SSSR count). The van der Waals surface area contributed by atoms with E-state index in [4.69, 9.17) is 0 Å². The monoisotopic (exact) mass is 233 g/mol. The molecule has 1 N–H and O–H groups in total. The fourth-order valence-corrected chi connectivity index (χ4v) is 2.55. The Morgan fingerprint density at radius 2 is 1.76 bits per heavy atom. The maximum Gasteiger partial charge on any atom is 0.0920 e. The molecule has 0 bridgehead atoms. The van der Waals surface area contributed by atoms with E-state index in [9.17, 15) is 5.11 Å². The van der Waals surface area contributed by atoms with Crippen LogP contribution < -0.4 is 0 Å². The highest BCUT2D eigenvalue weighted by molar-refractivity contribution is 5.27. The first kappa shape index (κ1) is 12.6. The molecule has 2 heteroatoms. The minimum Gasteiger partial charge on any atom is -0.385 e. The Morgan fingerprint density at radius 3 is 2.29 bits per heavy atom. The Labute approximate surface area is 104 Å². The maximum atomic E-state index is 10.7. The summed E-state index contributed by atoms with van der Waals surface area (Å²) >= 11 is 0. The summed E-state index contributed by atoms with van der Waals surface area (Å²) in [7, 11) is 2.12. The van der Waals surface area contributed by atoms with Crippen LogP contribution in [-0.2, 0) is 12.0 Å². The van der Waals surface area contributed by atoms with E-state index in [-0.39, 0.29) is 0 Å². The van der Waals surface area contributed by atoms with Crippen LogP contribution in [0.5, 0.6) is 0 Å². The number of aliphatic hydroxyl groups is 1. The lowest BCUT2D eigenvalue weighted by Crippen LogP contribution is -2.40. The molecule has 0 atom stereocenters. The van der Waals surface area contributed by atoms with Crippen molar-refractivity contribution in [3.63, 3.8) is 0 Å². The van der Waals surface area contributed by atoms with E-state index >= 15 is 0 Å². The minimum atomic E-state index is -0.600. The molecule has 1 aromatic carbocycles. The number of hydrogen-bond donors (Lipinski definition) is 1. The second kappa shape index (κ2) is 5.19. The van der Waals surface area contributed by atoms with Crippen LogP contribution in [0.1, 0.15) is 37.3 Å². The fraction of sp³-hybridized carbons (Fsp3) is 0.600. The number of likely N-dealkylation sites (tertiary alicyclic amines) is 1. The van der Waals surface area contributed by atoms with E-state index in [1.807, 2.05) is 0 Å². The molecule has 0 unspecified atom stereocenters. The third kappa shape index (κ3) is 2.88. The molecule has 1 heterocycles. The van der Waals surface area contributed by atoms with Gasteiger partial charge in [0.05, 0.1) is 5.60 Å². The van der Waals surface area contributed by atoms with Crippen molar-refractivity contribution in [2.24, 2.45) is 0 Å². The van der Waals surface area contributed by atoms with Gasteiger partial charge < -0.3 is 10.0 Å². The van der Waals surface area contributed by atoms with Gasteiger partial charge in [0.25, 0.3) is 0 Å². The summed E-state index contributed by atoms with van der Waals surface area (Å²) in [6.45, 7) is 4.15. The Kier molecular flexibility index (Phi) is 3.85. The second-order valence-electron chi connectivity index (χ2n) is 5.28. The summed E-state index contributed by atoms with van der Waals surface area (Å²) in [6.07, 6.45) is 3.99. The summed E-state index contributed by atoms with van der Waals surface area (Å²) in [5.41, 5.74) is 1.86. The molecule has 1 fully saturated rings. The molecular formula is C15H23NO. The first-order valence-corrected chi connectivity index (χ1v) is 6.64. The van der Waals surface area contributed by atoms with Gasteiger partial charge in [-0.25, -0.2) is 0 Å². The number of piperidine rings is 1. The zero-order chi connectivity index (χ0) is 12.3. The average molecular weight is 233 g/mol. The van der Waals surface area contributed by atoms with Gasteiger partial charge in [0, 0.05) is 13.1 Å². The van der Waals surface area contributed by atoms with Gasteiger partial charge in [-0.15, -0.1) is 0 Å². The van der Waals surface area contributed by atoms with Gasteiger partial charge in [-0.05, 0) is 37.4 Å². The molecule has 1 saturated heterocycles. The van der Waals surface area contributed by atoms with Crippen molar-refractivity contribution in [3.05, 3.63) is 35.4 Å². The molecule has 1 aliphatic heterocycles. The van der Waals surface area contributed by atoms with E-state index in [1.54, 1.807) is 0 Å². The van der Waals surface area contributed by atoms with Crippen LogP contribution in [0.15, 0.2) is 24.3 Å². The van der Waals surface area contributed by atoms with Gasteiger partial charge in [-0.2, -0.15) is 0 Å².